The van der Waals surface area contributed by atoms with Crippen molar-refractivity contribution in [3.05, 3.63) is 54.1 Å². The Hall–Kier alpha value is -2.44. The van der Waals surface area contributed by atoms with E-state index < -0.39 is 6.10 Å². The topological polar surface area (TPSA) is 85.3 Å². The Morgan fingerprint density at radius 3 is 2.76 bits per heavy atom. The number of piperidine rings is 1. The number of H-pyrrole nitrogens is 1. The first-order valence-electron chi connectivity index (χ1n) is 8.68. The highest BCUT2D eigenvalue weighted by Crippen LogP contribution is 2.32. The number of hydrogen-bond acceptors (Lipinski definition) is 5. The second-order valence-corrected chi connectivity index (χ2v) is 6.57. The van der Waals surface area contributed by atoms with Crippen molar-refractivity contribution < 1.29 is 10.2 Å². The highest BCUT2D eigenvalue weighted by Gasteiger charge is 2.28. The predicted octanol–water partition coefficient (Wildman–Crippen LogP) is 2.40. The third-order valence-electron chi connectivity index (χ3n) is 5.04. The summed E-state index contributed by atoms with van der Waals surface area (Å²) in [6.45, 7) is 1.59. The van der Waals surface area contributed by atoms with Gasteiger partial charge in [-0.25, -0.2) is 9.97 Å². The number of rotatable bonds is 4. The molecule has 1 saturated heterocycles. The zero-order valence-corrected chi connectivity index (χ0v) is 14.0. The fraction of sp³-hybridized carbons (Fsp3) is 0.368. The molecule has 0 saturated carbocycles. The molecule has 4 rings (SSSR count). The van der Waals surface area contributed by atoms with E-state index in [0.29, 0.717) is 5.82 Å². The number of anilines is 1. The number of benzene rings is 1. The maximum Gasteiger partial charge on any atom is 0.135 e. The third kappa shape index (κ3) is 3.10. The molecule has 0 spiro atoms. The van der Waals surface area contributed by atoms with E-state index in [9.17, 15) is 10.2 Å². The zero-order chi connectivity index (χ0) is 17.2. The summed E-state index contributed by atoms with van der Waals surface area (Å²) in [4.78, 5) is 14.1. The number of aliphatic hydroxyl groups is 2. The van der Waals surface area contributed by atoms with Gasteiger partial charge in [-0.05, 0) is 30.9 Å². The van der Waals surface area contributed by atoms with E-state index in [0.717, 1.165) is 48.2 Å². The van der Waals surface area contributed by atoms with Gasteiger partial charge in [-0.15, -0.1) is 0 Å². The average Bonchev–Trinajstić information content (AvgIpc) is 3.21. The minimum atomic E-state index is -0.556. The largest absolute Gasteiger partial charge is 0.392 e. The summed E-state index contributed by atoms with van der Waals surface area (Å²) in [6.07, 6.45) is 4.57. The van der Waals surface area contributed by atoms with E-state index in [2.05, 4.69) is 14.9 Å². The molecule has 2 aromatic heterocycles. The molecule has 130 valence electrons. The number of pyridine rings is 1. The Labute approximate surface area is 146 Å². The molecule has 0 bridgehead atoms. The number of para-hydroxylation sites is 1. The molecule has 1 aliphatic rings. The van der Waals surface area contributed by atoms with E-state index in [1.165, 1.54) is 0 Å². The first-order valence-corrected chi connectivity index (χ1v) is 8.68. The molecule has 3 N–H and O–H groups in total. The number of hydrogen-bond donors (Lipinski definition) is 3. The lowest BCUT2D eigenvalue weighted by Gasteiger charge is -2.35. The molecule has 6 heteroatoms. The number of nitrogens with one attached hydrogen (secondary N) is 1. The van der Waals surface area contributed by atoms with Gasteiger partial charge in [-0.2, -0.15) is 0 Å². The Morgan fingerprint density at radius 1 is 1.24 bits per heavy atom. The van der Waals surface area contributed by atoms with E-state index in [4.69, 9.17) is 4.98 Å². The van der Waals surface area contributed by atoms with Crippen molar-refractivity contribution in [3.63, 3.8) is 0 Å². The van der Waals surface area contributed by atoms with Gasteiger partial charge in [0.1, 0.15) is 17.7 Å². The van der Waals surface area contributed by atoms with Crippen LogP contribution in [0.4, 0.5) is 5.82 Å². The molecular weight excluding hydrogens is 316 g/mol. The van der Waals surface area contributed by atoms with Crippen molar-refractivity contribution >= 4 is 16.7 Å². The normalized spacial score (nSPS) is 17.1. The standard InChI is InChI=1S/C19H22N4O2/c24-12-15-11-14-3-1-2-4-16(14)22-19(15)23-9-5-13(6-10-23)17(25)18-20-7-8-21-18/h1-4,7-8,11,13,17,24-25H,5-6,9-10,12H2,(H,20,21). The van der Waals surface area contributed by atoms with Crippen molar-refractivity contribution in [2.45, 2.75) is 25.6 Å². The summed E-state index contributed by atoms with van der Waals surface area (Å²) in [5.41, 5.74) is 1.79. The van der Waals surface area contributed by atoms with Gasteiger partial charge in [-0.1, -0.05) is 18.2 Å². The molecule has 1 unspecified atom stereocenters. The lowest BCUT2D eigenvalue weighted by Crippen LogP contribution is -2.37. The van der Waals surface area contributed by atoms with Crippen LogP contribution in [0.5, 0.6) is 0 Å². The monoisotopic (exact) mass is 338 g/mol. The van der Waals surface area contributed by atoms with Crippen LogP contribution in [0, 0.1) is 5.92 Å². The number of aromatic amines is 1. The summed E-state index contributed by atoms with van der Waals surface area (Å²) >= 11 is 0. The van der Waals surface area contributed by atoms with Gasteiger partial charge < -0.3 is 20.1 Å². The Balaban J connectivity index is 1.53. The van der Waals surface area contributed by atoms with Gasteiger partial charge >= 0.3 is 0 Å². The van der Waals surface area contributed by atoms with Crippen molar-refractivity contribution in [2.75, 3.05) is 18.0 Å². The minimum Gasteiger partial charge on any atom is -0.392 e. The Morgan fingerprint density at radius 2 is 2.04 bits per heavy atom. The minimum absolute atomic E-state index is 0.0257. The van der Waals surface area contributed by atoms with Gasteiger partial charge in [0.2, 0.25) is 0 Å². The van der Waals surface area contributed by atoms with Crippen LogP contribution in [0.1, 0.15) is 30.3 Å². The highest BCUT2D eigenvalue weighted by molar-refractivity contribution is 5.81. The first-order chi connectivity index (χ1) is 12.3. The van der Waals surface area contributed by atoms with Crippen molar-refractivity contribution in [1.29, 1.82) is 0 Å². The first kappa shape index (κ1) is 16.1. The van der Waals surface area contributed by atoms with Gasteiger partial charge in [0.15, 0.2) is 0 Å². The lowest BCUT2D eigenvalue weighted by molar-refractivity contribution is 0.0855. The number of nitrogens with zero attached hydrogens (tertiary/aromatic N) is 3. The quantitative estimate of drug-likeness (QED) is 0.680. The molecule has 3 heterocycles. The van der Waals surface area contributed by atoms with Gasteiger partial charge in [0, 0.05) is 36.4 Å². The molecular formula is C19H22N4O2. The number of aromatic nitrogens is 3. The molecule has 1 aromatic carbocycles. The maximum atomic E-state index is 10.5. The molecule has 3 aromatic rings. The van der Waals surface area contributed by atoms with Crippen LogP contribution in [-0.4, -0.2) is 38.3 Å². The second kappa shape index (κ2) is 6.82. The van der Waals surface area contributed by atoms with Crippen LogP contribution in [-0.2, 0) is 6.61 Å². The van der Waals surface area contributed by atoms with E-state index in [-0.39, 0.29) is 12.5 Å². The summed E-state index contributed by atoms with van der Waals surface area (Å²) in [6, 6.07) is 9.97. The van der Waals surface area contributed by atoms with Crippen molar-refractivity contribution in [2.24, 2.45) is 5.92 Å². The fourth-order valence-corrected chi connectivity index (χ4v) is 3.63. The maximum absolute atomic E-state index is 10.5. The zero-order valence-electron chi connectivity index (χ0n) is 14.0. The summed E-state index contributed by atoms with van der Waals surface area (Å²) in [7, 11) is 0. The van der Waals surface area contributed by atoms with Gasteiger partial charge in [0.25, 0.3) is 0 Å². The van der Waals surface area contributed by atoms with Crippen LogP contribution in [0.2, 0.25) is 0 Å². The third-order valence-corrected chi connectivity index (χ3v) is 5.04. The van der Waals surface area contributed by atoms with Crippen LogP contribution in [0.3, 0.4) is 0 Å². The predicted molar refractivity (Wildman–Crippen MR) is 96.2 cm³/mol. The van der Waals surface area contributed by atoms with E-state index in [1.807, 2.05) is 30.3 Å². The van der Waals surface area contributed by atoms with Crippen LogP contribution >= 0.6 is 0 Å². The van der Waals surface area contributed by atoms with Crippen LogP contribution in [0.15, 0.2) is 42.7 Å². The molecule has 6 nitrogen and oxygen atoms in total. The molecule has 0 aliphatic carbocycles. The Kier molecular flexibility index (Phi) is 4.38. The lowest BCUT2D eigenvalue weighted by atomic mass is 9.90. The second-order valence-electron chi connectivity index (χ2n) is 6.57. The van der Waals surface area contributed by atoms with E-state index >= 15 is 0 Å². The highest BCUT2D eigenvalue weighted by atomic mass is 16.3. The van der Waals surface area contributed by atoms with Crippen LogP contribution in [0.25, 0.3) is 10.9 Å². The molecule has 1 atom stereocenters. The summed E-state index contributed by atoms with van der Waals surface area (Å²) in [5.74, 6) is 1.67. The van der Waals surface area contributed by atoms with Gasteiger partial charge in [0.05, 0.1) is 12.1 Å². The van der Waals surface area contributed by atoms with Crippen molar-refractivity contribution in [3.8, 4) is 0 Å². The number of imidazole rings is 1. The molecule has 1 aliphatic heterocycles. The molecule has 25 heavy (non-hydrogen) atoms. The van der Waals surface area contributed by atoms with Gasteiger partial charge in [-0.3, -0.25) is 0 Å². The average molecular weight is 338 g/mol. The summed E-state index contributed by atoms with van der Waals surface area (Å²) in [5, 5.41) is 21.3. The molecule has 1 fully saturated rings. The summed E-state index contributed by atoms with van der Waals surface area (Å²) < 4.78 is 0. The number of fused-ring (bicyclic) bond motifs is 1. The Bertz CT molecular complexity index is 842. The molecule has 0 radical (unpaired) electrons. The smallest absolute Gasteiger partial charge is 0.135 e. The number of aliphatic hydroxyl groups excluding tert-OH is 2. The fourth-order valence-electron chi connectivity index (χ4n) is 3.63. The van der Waals surface area contributed by atoms with Crippen molar-refractivity contribution in [1.82, 2.24) is 15.0 Å². The van der Waals surface area contributed by atoms with E-state index in [1.54, 1.807) is 12.4 Å². The molecule has 0 amide bonds. The van der Waals surface area contributed by atoms with Crippen LogP contribution < -0.4 is 4.90 Å². The SMILES string of the molecule is OCc1cc2ccccc2nc1N1CCC(C(O)c2ncc[nH]2)CC1.